The average molecular weight is 269 g/mol. The van der Waals surface area contributed by atoms with Gasteiger partial charge in [-0.15, -0.1) is 0 Å². The molecular formula is C15H18F3N. The maximum absolute atomic E-state index is 12.7. The van der Waals surface area contributed by atoms with Crippen LogP contribution in [0, 0.1) is 11.8 Å². The Labute approximate surface area is 111 Å². The second kappa shape index (κ2) is 4.51. The van der Waals surface area contributed by atoms with Crippen molar-refractivity contribution in [3.63, 3.8) is 0 Å². The number of halogens is 3. The molecule has 2 aliphatic rings. The summed E-state index contributed by atoms with van der Waals surface area (Å²) in [5.41, 5.74) is 1.43. The highest BCUT2D eigenvalue weighted by Crippen LogP contribution is 2.42. The number of piperidine rings is 1. The lowest BCUT2D eigenvalue weighted by Crippen LogP contribution is -2.41. The van der Waals surface area contributed by atoms with Crippen molar-refractivity contribution in [1.29, 1.82) is 0 Å². The zero-order chi connectivity index (χ0) is 13.6. The van der Waals surface area contributed by atoms with E-state index in [2.05, 4.69) is 12.2 Å². The molecule has 1 saturated heterocycles. The standard InChI is InChI=1S/C15H18F3N/c1-9-6-11-3-2-10-7-12(15(16,17)18)4-5-13(10)14(11)19-8-9/h4-5,7,9,11,14,19H,2-3,6,8H2,1H3. The fourth-order valence-electron chi connectivity index (χ4n) is 3.52. The number of fused-ring (bicyclic) bond motifs is 3. The van der Waals surface area contributed by atoms with E-state index in [0.717, 1.165) is 30.5 Å². The lowest BCUT2D eigenvalue weighted by Gasteiger charge is -2.40. The quantitative estimate of drug-likeness (QED) is 0.752. The van der Waals surface area contributed by atoms with Gasteiger partial charge in [0.25, 0.3) is 0 Å². The van der Waals surface area contributed by atoms with Gasteiger partial charge in [0.1, 0.15) is 0 Å². The predicted octanol–water partition coefficient (Wildman–Crippen LogP) is 3.94. The zero-order valence-electron chi connectivity index (χ0n) is 10.9. The summed E-state index contributed by atoms with van der Waals surface area (Å²) < 4.78 is 38.2. The molecule has 1 fully saturated rings. The molecule has 3 rings (SSSR count). The van der Waals surface area contributed by atoms with E-state index in [1.165, 1.54) is 18.6 Å². The fourth-order valence-corrected chi connectivity index (χ4v) is 3.52. The molecule has 0 bridgehead atoms. The van der Waals surface area contributed by atoms with Gasteiger partial charge in [0.05, 0.1) is 5.56 Å². The Bertz CT molecular complexity index is 481. The molecule has 1 aliphatic carbocycles. The summed E-state index contributed by atoms with van der Waals surface area (Å²) in [6, 6.07) is 4.49. The highest BCUT2D eigenvalue weighted by molar-refractivity contribution is 5.38. The van der Waals surface area contributed by atoms with Crippen LogP contribution in [-0.2, 0) is 12.6 Å². The zero-order valence-corrected chi connectivity index (χ0v) is 10.9. The lowest BCUT2D eigenvalue weighted by molar-refractivity contribution is -0.137. The van der Waals surface area contributed by atoms with Gasteiger partial charge in [-0.3, -0.25) is 0 Å². The molecule has 0 spiro atoms. The molecule has 4 heteroatoms. The third kappa shape index (κ3) is 2.38. The van der Waals surface area contributed by atoms with Gasteiger partial charge < -0.3 is 5.32 Å². The van der Waals surface area contributed by atoms with E-state index >= 15 is 0 Å². The number of benzene rings is 1. The number of hydrogen-bond acceptors (Lipinski definition) is 1. The van der Waals surface area contributed by atoms with Crippen molar-refractivity contribution in [2.45, 2.75) is 38.4 Å². The molecule has 0 amide bonds. The van der Waals surface area contributed by atoms with Crippen LogP contribution in [-0.4, -0.2) is 6.54 Å². The number of rotatable bonds is 0. The van der Waals surface area contributed by atoms with Crippen LogP contribution < -0.4 is 5.32 Å². The van der Waals surface area contributed by atoms with Gasteiger partial charge in [-0.25, -0.2) is 0 Å². The fraction of sp³-hybridized carbons (Fsp3) is 0.600. The molecule has 0 radical (unpaired) electrons. The van der Waals surface area contributed by atoms with Crippen molar-refractivity contribution in [3.05, 3.63) is 34.9 Å². The summed E-state index contributed by atoms with van der Waals surface area (Å²) >= 11 is 0. The Hall–Kier alpha value is -1.03. The Morgan fingerprint density at radius 1 is 1.26 bits per heavy atom. The topological polar surface area (TPSA) is 12.0 Å². The summed E-state index contributed by atoms with van der Waals surface area (Å²) in [5, 5.41) is 3.50. The number of alkyl halides is 3. The van der Waals surface area contributed by atoms with E-state index in [4.69, 9.17) is 0 Å². The maximum Gasteiger partial charge on any atom is 0.416 e. The summed E-state index contributed by atoms with van der Waals surface area (Å²) in [6.07, 6.45) is -1.29. The number of nitrogens with one attached hydrogen (secondary N) is 1. The van der Waals surface area contributed by atoms with Crippen molar-refractivity contribution in [2.75, 3.05) is 6.54 Å². The molecule has 19 heavy (non-hydrogen) atoms. The lowest BCUT2D eigenvalue weighted by atomic mass is 9.73. The van der Waals surface area contributed by atoms with Gasteiger partial charge in [-0.05, 0) is 60.9 Å². The molecule has 0 saturated carbocycles. The average Bonchev–Trinajstić information content (AvgIpc) is 2.36. The second-order valence-corrected chi connectivity index (χ2v) is 5.94. The minimum absolute atomic E-state index is 0.252. The normalized spacial score (nSPS) is 30.6. The Morgan fingerprint density at radius 3 is 2.79 bits per heavy atom. The molecule has 1 heterocycles. The SMILES string of the molecule is CC1CNC2c3ccc(C(F)(F)F)cc3CCC2C1. The molecule has 0 aromatic heterocycles. The number of hydrogen-bond donors (Lipinski definition) is 1. The van der Waals surface area contributed by atoms with Crippen LogP contribution in [0.3, 0.4) is 0 Å². The summed E-state index contributed by atoms with van der Waals surface area (Å²) in [5.74, 6) is 1.24. The molecule has 3 unspecified atom stereocenters. The van der Waals surface area contributed by atoms with Crippen LogP contribution in [0.15, 0.2) is 18.2 Å². The van der Waals surface area contributed by atoms with Gasteiger partial charge in [0.2, 0.25) is 0 Å². The Balaban J connectivity index is 1.93. The van der Waals surface area contributed by atoms with Gasteiger partial charge in [0, 0.05) is 6.04 Å². The molecule has 1 N–H and O–H groups in total. The van der Waals surface area contributed by atoms with Gasteiger partial charge in [-0.2, -0.15) is 13.2 Å². The first-order valence-electron chi connectivity index (χ1n) is 6.88. The first-order valence-corrected chi connectivity index (χ1v) is 6.88. The highest BCUT2D eigenvalue weighted by atomic mass is 19.4. The Kier molecular flexibility index (Phi) is 3.08. The minimum Gasteiger partial charge on any atom is -0.309 e. The van der Waals surface area contributed by atoms with Crippen molar-refractivity contribution in [3.8, 4) is 0 Å². The maximum atomic E-state index is 12.7. The minimum atomic E-state index is -4.24. The Morgan fingerprint density at radius 2 is 2.05 bits per heavy atom. The molecule has 104 valence electrons. The van der Waals surface area contributed by atoms with Crippen LogP contribution in [0.1, 0.15) is 42.5 Å². The molecule has 1 aromatic rings. The van der Waals surface area contributed by atoms with Crippen molar-refractivity contribution >= 4 is 0 Å². The second-order valence-electron chi connectivity index (χ2n) is 5.94. The molecular weight excluding hydrogens is 251 g/mol. The van der Waals surface area contributed by atoms with E-state index in [1.807, 2.05) is 0 Å². The van der Waals surface area contributed by atoms with E-state index in [9.17, 15) is 13.2 Å². The number of aryl methyl sites for hydroxylation is 1. The van der Waals surface area contributed by atoms with Gasteiger partial charge in [-0.1, -0.05) is 13.0 Å². The van der Waals surface area contributed by atoms with E-state index in [1.54, 1.807) is 6.07 Å². The van der Waals surface area contributed by atoms with Crippen molar-refractivity contribution in [1.82, 2.24) is 5.32 Å². The van der Waals surface area contributed by atoms with E-state index < -0.39 is 11.7 Å². The van der Waals surface area contributed by atoms with Crippen LogP contribution in [0.5, 0.6) is 0 Å². The third-order valence-electron chi connectivity index (χ3n) is 4.45. The summed E-state index contributed by atoms with van der Waals surface area (Å²) in [7, 11) is 0. The third-order valence-corrected chi connectivity index (χ3v) is 4.45. The van der Waals surface area contributed by atoms with E-state index in [0.29, 0.717) is 11.8 Å². The summed E-state index contributed by atoms with van der Waals surface area (Å²) in [4.78, 5) is 0. The predicted molar refractivity (Wildman–Crippen MR) is 67.8 cm³/mol. The molecule has 1 aliphatic heterocycles. The molecule has 3 atom stereocenters. The van der Waals surface area contributed by atoms with Crippen molar-refractivity contribution < 1.29 is 13.2 Å². The van der Waals surface area contributed by atoms with Gasteiger partial charge in [0.15, 0.2) is 0 Å². The van der Waals surface area contributed by atoms with Crippen LogP contribution in [0.25, 0.3) is 0 Å². The van der Waals surface area contributed by atoms with Crippen LogP contribution in [0.2, 0.25) is 0 Å². The molecule has 1 nitrogen and oxygen atoms in total. The smallest absolute Gasteiger partial charge is 0.309 e. The van der Waals surface area contributed by atoms with E-state index in [-0.39, 0.29) is 6.04 Å². The molecule has 1 aromatic carbocycles. The van der Waals surface area contributed by atoms with Crippen molar-refractivity contribution in [2.24, 2.45) is 11.8 Å². The highest BCUT2D eigenvalue weighted by Gasteiger charge is 2.36. The summed E-state index contributed by atoms with van der Waals surface area (Å²) in [6.45, 7) is 3.19. The first-order chi connectivity index (χ1) is 8.95. The largest absolute Gasteiger partial charge is 0.416 e. The van der Waals surface area contributed by atoms with Crippen LogP contribution in [0.4, 0.5) is 13.2 Å². The van der Waals surface area contributed by atoms with Crippen LogP contribution >= 0.6 is 0 Å². The monoisotopic (exact) mass is 269 g/mol. The first kappa shape index (κ1) is 13.0. The van der Waals surface area contributed by atoms with Gasteiger partial charge >= 0.3 is 6.18 Å².